The Bertz CT molecular complexity index is 219. The highest BCUT2D eigenvalue weighted by molar-refractivity contribution is 5.82. The number of amides is 1. The van der Waals surface area contributed by atoms with E-state index in [1.165, 1.54) is 0 Å². The summed E-state index contributed by atoms with van der Waals surface area (Å²) in [5, 5.41) is 0. The van der Waals surface area contributed by atoms with Crippen molar-refractivity contribution < 1.29 is 9.53 Å². The number of nitrogens with two attached hydrogens (primary N) is 1. The lowest BCUT2D eigenvalue weighted by Crippen LogP contribution is -2.55. The van der Waals surface area contributed by atoms with E-state index in [4.69, 9.17) is 10.5 Å². The highest BCUT2D eigenvalue weighted by atomic mass is 16.5. The van der Waals surface area contributed by atoms with Gasteiger partial charge in [0.15, 0.2) is 0 Å². The second-order valence-corrected chi connectivity index (χ2v) is 4.44. The number of hydrogen-bond acceptors (Lipinski definition) is 3. The molecule has 2 atom stereocenters. The maximum absolute atomic E-state index is 12.1. The molecule has 4 nitrogen and oxygen atoms in total. The minimum atomic E-state index is -0.378. The first kappa shape index (κ1) is 12.5. The van der Waals surface area contributed by atoms with Crippen molar-refractivity contribution in [3.05, 3.63) is 0 Å². The van der Waals surface area contributed by atoms with Crippen LogP contribution in [-0.2, 0) is 9.53 Å². The van der Waals surface area contributed by atoms with Gasteiger partial charge in [0.05, 0.1) is 25.3 Å². The minimum absolute atomic E-state index is 0.0696. The molecule has 0 bridgehead atoms. The van der Waals surface area contributed by atoms with Crippen molar-refractivity contribution in [3.8, 4) is 0 Å². The van der Waals surface area contributed by atoms with Gasteiger partial charge in [0, 0.05) is 6.54 Å². The largest absolute Gasteiger partial charge is 0.377 e. The molecule has 0 saturated carbocycles. The molecule has 0 aliphatic carbocycles. The van der Waals surface area contributed by atoms with Crippen LogP contribution in [0, 0.1) is 5.92 Å². The van der Waals surface area contributed by atoms with Gasteiger partial charge in [0.2, 0.25) is 5.91 Å². The molecule has 1 unspecified atom stereocenters. The molecule has 15 heavy (non-hydrogen) atoms. The Morgan fingerprint density at radius 2 is 2.27 bits per heavy atom. The fourth-order valence-corrected chi connectivity index (χ4v) is 1.76. The Kier molecular flexibility index (Phi) is 4.54. The lowest BCUT2D eigenvalue weighted by atomic mass is 10.0. The Morgan fingerprint density at radius 1 is 1.60 bits per heavy atom. The third kappa shape index (κ3) is 2.92. The predicted octanol–water partition coefficient (Wildman–Crippen LogP) is 0.607. The molecule has 1 aliphatic heterocycles. The molecule has 0 radical (unpaired) electrons. The summed E-state index contributed by atoms with van der Waals surface area (Å²) in [6, 6.07) is -0.173. The fraction of sp³-hybridized carbons (Fsp3) is 0.909. The van der Waals surface area contributed by atoms with Crippen LogP contribution >= 0.6 is 0 Å². The standard InChI is InChI=1S/C11H22N2O2/c1-4-9-7-15-6-5-13(9)11(14)10(12)8(2)3/h8-10H,4-7,12H2,1-3H3/t9?,10-/m1/s1. The molecule has 88 valence electrons. The third-order valence-electron chi connectivity index (χ3n) is 2.99. The number of carbonyl (C=O) groups is 1. The first-order chi connectivity index (χ1) is 7.07. The lowest BCUT2D eigenvalue weighted by Gasteiger charge is -2.37. The molecule has 0 spiro atoms. The molecule has 1 saturated heterocycles. The molecule has 1 rings (SSSR count). The van der Waals surface area contributed by atoms with Crippen LogP contribution in [0.3, 0.4) is 0 Å². The summed E-state index contributed by atoms with van der Waals surface area (Å²) in [7, 11) is 0. The number of carbonyl (C=O) groups excluding carboxylic acids is 1. The van der Waals surface area contributed by atoms with Crippen molar-refractivity contribution in [2.45, 2.75) is 39.3 Å². The molecule has 0 aromatic rings. The fourth-order valence-electron chi connectivity index (χ4n) is 1.76. The van der Waals surface area contributed by atoms with Crippen LogP contribution in [0.1, 0.15) is 27.2 Å². The van der Waals surface area contributed by atoms with Gasteiger partial charge >= 0.3 is 0 Å². The van der Waals surface area contributed by atoms with E-state index < -0.39 is 0 Å². The van der Waals surface area contributed by atoms with E-state index in [0.717, 1.165) is 6.42 Å². The van der Waals surface area contributed by atoms with Gasteiger partial charge in [-0.05, 0) is 12.3 Å². The topological polar surface area (TPSA) is 55.6 Å². The van der Waals surface area contributed by atoms with Crippen molar-refractivity contribution in [2.24, 2.45) is 11.7 Å². The summed E-state index contributed by atoms with van der Waals surface area (Å²) in [5.41, 5.74) is 5.88. The van der Waals surface area contributed by atoms with E-state index in [-0.39, 0.29) is 23.9 Å². The van der Waals surface area contributed by atoms with Crippen molar-refractivity contribution >= 4 is 5.91 Å². The average Bonchev–Trinajstić information content (AvgIpc) is 2.26. The van der Waals surface area contributed by atoms with Crippen LogP contribution in [0.5, 0.6) is 0 Å². The normalized spacial score (nSPS) is 24.3. The van der Waals surface area contributed by atoms with E-state index >= 15 is 0 Å². The quantitative estimate of drug-likeness (QED) is 0.749. The smallest absolute Gasteiger partial charge is 0.240 e. The van der Waals surface area contributed by atoms with Gasteiger partial charge in [-0.2, -0.15) is 0 Å². The van der Waals surface area contributed by atoms with E-state index in [1.54, 1.807) is 0 Å². The second-order valence-electron chi connectivity index (χ2n) is 4.44. The van der Waals surface area contributed by atoms with Crippen LogP contribution < -0.4 is 5.73 Å². The SMILES string of the molecule is CCC1COCCN1C(=O)[C@H](N)C(C)C. The first-order valence-electron chi connectivity index (χ1n) is 5.71. The molecule has 1 amide bonds. The molecule has 0 aromatic carbocycles. The van der Waals surface area contributed by atoms with Crippen LogP contribution in [-0.4, -0.2) is 42.6 Å². The van der Waals surface area contributed by atoms with Crippen molar-refractivity contribution in [3.63, 3.8) is 0 Å². The monoisotopic (exact) mass is 214 g/mol. The van der Waals surface area contributed by atoms with Gasteiger partial charge < -0.3 is 15.4 Å². The molecule has 0 aromatic heterocycles. The zero-order valence-corrected chi connectivity index (χ0v) is 9.90. The minimum Gasteiger partial charge on any atom is -0.377 e. The predicted molar refractivity (Wildman–Crippen MR) is 59.4 cm³/mol. The zero-order chi connectivity index (χ0) is 11.4. The van der Waals surface area contributed by atoms with Crippen LogP contribution in [0.4, 0.5) is 0 Å². The molecule has 1 fully saturated rings. The Labute approximate surface area is 91.8 Å². The van der Waals surface area contributed by atoms with Crippen LogP contribution in [0.2, 0.25) is 0 Å². The van der Waals surface area contributed by atoms with Crippen LogP contribution in [0.25, 0.3) is 0 Å². The molecular weight excluding hydrogens is 192 g/mol. The lowest BCUT2D eigenvalue weighted by molar-refractivity contribution is -0.142. The maximum atomic E-state index is 12.1. The van der Waals surface area contributed by atoms with Crippen molar-refractivity contribution in [1.29, 1.82) is 0 Å². The molecule has 1 heterocycles. The molecule has 2 N–H and O–H groups in total. The van der Waals surface area contributed by atoms with Crippen molar-refractivity contribution in [1.82, 2.24) is 4.90 Å². The Hall–Kier alpha value is -0.610. The number of nitrogens with zero attached hydrogens (tertiary/aromatic N) is 1. The van der Waals surface area contributed by atoms with E-state index in [2.05, 4.69) is 6.92 Å². The van der Waals surface area contributed by atoms with Gasteiger partial charge in [-0.25, -0.2) is 0 Å². The van der Waals surface area contributed by atoms with Gasteiger partial charge in [-0.15, -0.1) is 0 Å². The molecule has 1 aliphatic rings. The van der Waals surface area contributed by atoms with Crippen LogP contribution in [0.15, 0.2) is 0 Å². The van der Waals surface area contributed by atoms with Gasteiger partial charge in [-0.3, -0.25) is 4.79 Å². The zero-order valence-electron chi connectivity index (χ0n) is 9.90. The summed E-state index contributed by atoms with van der Waals surface area (Å²) in [5.74, 6) is 0.262. The maximum Gasteiger partial charge on any atom is 0.240 e. The van der Waals surface area contributed by atoms with Gasteiger partial charge in [0.1, 0.15) is 0 Å². The summed E-state index contributed by atoms with van der Waals surface area (Å²) in [6.45, 7) is 7.98. The van der Waals surface area contributed by atoms with Gasteiger partial charge in [0.25, 0.3) is 0 Å². The highest BCUT2D eigenvalue weighted by Crippen LogP contribution is 2.13. The Balaban J connectivity index is 2.63. The summed E-state index contributed by atoms with van der Waals surface area (Å²) in [6.07, 6.45) is 0.927. The van der Waals surface area contributed by atoms with E-state index in [1.807, 2.05) is 18.7 Å². The highest BCUT2D eigenvalue weighted by Gasteiger charge is 2.30. The summed E-state index contributed by atoms with van der Waals surface area (Å²) < 4.78 is 5.36. The number of ether oxygens (including phenoxy) is 1. The summed E-state index contributed by atoms with van der Waals surface area (Å²) in [4.78, 5) is 13.9. The number of rotatable bonds is 3. The van der Waals surface area contributed by atoms with E-state index in [0.29, 0.717) is 19.8 Å². The Morgan fingerprint density at radius 3 is 2.80 bits per heavy atom. The second kappa shape index (κ2) is 5.47. The molecule has 4 heteroatoms. The third-order valence-corrected chi connectivity index (χ3v) is 2.99. The first-order valence-corrected chi connectivity index (χ1v) is 5.71. The average molecular weight is 214 g/mol. The van der Waals surface area contributed by atoms with Crippen molar-refractivity contribution in [2.75, 3.05) is 19.8 Å². The summed E-state index contributed by atoms with van der Waals surface area (Å²) >= 11 is 0. The number of hydrogen-bond donors (Lipinski definition) is 1. The number of morpholine rings is 1. The van der Waals surface area contributed by atoms with E-state index in [9.17, 15) is 4.79 Å². The van der Waals surface area contributed by atoms with Gasteiger partial charge in [-0.1, -0.05) is 20.8 Å². The molecular formula is C11H22N2O2.